The van der Waals surface area contributed by atoms with Gasteiger partial charge in [0.05, 0.1) is 18.2 Å². The van der Waals surface area contributed by atoms with E-state index in [2.05, 4.69) is 0 Å². The van der Waals surface area contributed by atoms with E-state index in [1.807, 2.05) is 51.0 Å². The molecule has 0 spiro atoms. The van der Waals surface area contributed by atoms with E-state index < -0.39 is 17.7 Å². The van der Waals surface area contributed by atoms with Crippen LogP contribution in [0, 0.1) is 13.8 Å². The van der Waals surface area contributed by atoms with E-state index in [0.29, 0.717) is 23.4 Å². The van der Waals surface area contributed by atoms with Crippen molar-refractivity contribution in [3.8, 4) is 11.5 Å². The fraction of sp³-hybridized carbons (Fsp3) is 0.241. The van der Waals surface area contributed by atoms with Gasteiger partial charge in [0.2, 0.25) is 0 Å². The van der Waals surface area contributed by atoms with Gasteiger partial charge >= 0.3 is 0 Å². The van der Waals surface area contributed by atoms with Crippen molar-refractivity contribution in [1.82, 2.24) is 0 Å². The molecule has 2 N–H and O–H groups in total. The molecule has 36 heavy (non-hydrogen) atoms. The van der Waals surface area contributed by atoms with Gasteiger partial charge < -0.3 is 19.8 Å². The average Bonchev–Trinajstić information content (AvgIpc) is 3.12. The zero-order valence-electron chi connectivity index (χ0n) is 21.1. The van der Waals surface area contributed by atoms with Gasteiger partial charge in [-0.05, 0) is 79.9 Å². The van der Waals surface area contributed by atoms with Crippen molar-refractivity contribution in [3.05, 3.63) is 88.5 Å². The first-order chi connectivity index (χ1) is 17.1. The number of aliphatic hydroxyl groups is 1. The van der Waals surface area contributed by atoms with Crippen LogP contribution in [0.1, 0.15) is 35.2 Å². The first kappa shape index (κ1) is 24.9. The summed E-state index contributed by atoms with van der Waals surface area (Å²) in [6.07, 6.45) is 0. The first-order valence-corrected chi connectivity index (χ1v) is 11.8. The molecule has 3 aromatic rings. The molecule has 0 aromatic heterocycles. The topological polar surface area (TPSA) is 90.3 Å². The zero-order chi connectivity index (χ0) is 26.1. The number of phenolic OH excluding ortho intramolecular Hbond substituents is 1. The van der Waals surface area contributed by atoms with Crippen molar-refractivity contribution in [2.45, 2.75) is 26.8 Å². The van der Waals surface area contributed by atoms with Crippen LogP contribution in [-0.2, 0) is 9.59 Å². The molecule has 7 heteroatoms. The van der Waals surface area contributed by atoms with Crippen molar-refractivity contribution < 1.29 is 24.5 Å². The Morgan fingerprint density at radius 1 is 0.972 bits per heavy atom. The van der Waals surface area contributed by atoms with Crippen molar-refractivity contribution in [1.29, 1.82) is 0 Å². The van der Waals surface area contributed by atoms with E-state index in [0.717, 1.165) is 16.8 Å². The molecule has 0 radical (unpaired) electrons. The van der Waals surface area contributed by atoms with Gasteiger partial charge in [-0.3, -0.25) is 14.5 Å². The second-order valence-corrected chi connectivity index (χ2v) is 9.04. The number of Topliss-reactive ketones (excluding diaryl/α,β-unsaturated/α-hetero) is 1. The van der Waals surface area contributed by atoms with Crippen molar-refractivity contribution in [3.63, 3.8) is 0 Å². The maximum Gasteiger partial charge on any atom is 0.300 e. The van der Waals surface area contributed by atoms with Gasteiger partial charge in [-0.2, -0.15) is 0 Å². The Labute approximate surface area is 210 Å². The number of carbonyl (C=O) groups excluding carboxylic acids is 2. The second kappa shape index (κ2) is 9.77. The molecule has 0 saturated carbocycles. The minimum atomic E-state index is -0.920. The van der Waals surface area contributed by atoms with Crippen molar-refractivity contribution in [2.24, 2.45) is 0 Å². The van der Waals surface area contributed by atoms with E-state index in [-0.39, 0.29) is 22.8 Å². The second-order valence-electron chi connectivity index (χ2n) is 9.04. The summed E-state index contributed by atoms with van der Waals surface area (Å²) in [4.78, 5) is 30.1. The van der Waals surface area contributed by atoms with E-state index >= 15 is 0 Å². The molecule has 1 fully saturated rings. The number of hydrogen-bond donors (Lipinski definition) is 2. The van der Waals surface area contributed by atoms with E-state index in [4.69, 9.17) is 4.74 Å². The third kappa shape index (κ3) is 4.40. The largest absolute Gasteiger partial charge is 0.507 e. The lowest BCUT2D eigenvalue weighted by molar-refractivity contribution is -0.132. The van der Waals surface area contributed by atoms with Crippen LogP contribution in [0.5, 0.6) is 11.5 Å². The molecular weight excluding hydrogens is 456 g/mol. The minimum Gasteiger partial charge on any atom is -0.507 e. The van der Waals surface area contributed by atoms with Gasteiger partial charge in [0.1, 0.15) is 5.76 Å². The van der Waals surface area contributed by atoms with Crippen molar-refractivity contribution >= 4 is 28.8 Å². The molecule has 0 aliphatic carbocycles. The molecule has 0 bridgehead atoms. The van der Waals surface area contributed by atoms with Crippen molar-refractivity contribution in [2.75, 3.05) is 30.5 Å². The Bertz CT molecular complexity index is 1360. The highest BCUT2D eigenvalue weighted by atomic mass is 16.5. The highest BCUT2D eigenvalue weighted by molar-refractivity contribution is 6.51. The van der Waals surface area contributed by atoms with Gasteiger partial charge in [-0.1, -0.05) is 18.2 Å². The summed E-state index contributed by atoms with van der Waals surface area (Å²) in [7, 11) is 3.83. The third-order valence-electron chi connectivity index (χ3n) is 6.47. The maximum absolute atomic E-state index is 13.4. The Morgan fingerprint density at radius 2 is 1.67 bits per heavy atom. The molecule has 1 heterocycles. The third-order valence-corrected chi connectivity index (χ3v) is 6.47. The number of ether oxygens (including phenoxy) is 1. The summed E-state index contributed by atoms with van der Waals surface area (Å²) in [5.41, 5.74) is 4.40. The number of benzene rings is 3. The average molecular weight is 487 g/mol. The predicted molar refractivity (Wildman–Crippen MR) is 141 cm³/mol. The van der Waals surface area contributed by atoms with Gasteiger partial charge in [0.25, 0.3) is 11.7 Å². The van der Waals surface area contributed by atoms with Crippen LogP contribution in [0.15, 0.2) is 66.2 Å². The van der Waals surface area contributed by atoms with Crippen LogP contribution in [0.3, 0.4) is 0 Å². The number of aliphatic hydroxyl groups excluding tert-OH is 1. The number of phenols is 1. The number of hydrogen-bond acceptors (Lipinski definition) is 6. The summed E-state index contributed by atoms with van der Waals surface area (Å²) < 4.78 is 5.56. The number of aromatic hydroxyl groups is 1. The Balaban J connectivity index is 1.94. The smallest absolute Gasteiger partial charge is 0.300 e. The fourth-order valence-electron chi connectivity index (χ4n) is 4.34. The summed E-state index contributed by atoms with van der Waals surface area (Å²) in [6, 6.07) is 16.4. The molecule has 1 atom stereocenters. The molecule has 7 nitrogen and oxygen atoms in total. The van der Waals surface area contributed by atoms with E-state index in [1.165, 1.54) is 11.0 Å². The summed E-state index contributed by atoms with van der Waals surface area (Å²) in [5.74, 6) is -1.59. The standard InChI is InChI=1S/C29H30N2O5/c1-6-36-24-16-19(9-14-23(24)32)26-25(27(33)20-8-7-17(2)18(3)15-20)28(34)29(35)31(26)22-12-10-21(11-13-22)30(4)5/h7-16,26,32-33H,6H2,1-5H3/b27-25-. The molecular formula is C29H30N2O5. The summed E-state index contributed by atoms with van der Waals surface area (Å²) in [5, 5.41) is 21.6. The lowest BCUT2D eigenvalue weighted by Gasteiger charge is -2.26. The van der Waals surface area contributed by atoms with Gasteiger partial charge in [0, 0.05) is 31.0 Å². The lowest BCUT2D eigenvalue weighted by Crippen LogP contribution is -2.29. The summed E-state index contributed by atoms with van der Waals surface area (Å²) in [6.45, 7) is 6.00. The highest BCUT2D eigenvalue weighted by Gasteiger charge is 2.47. The zero-order valence-corrected chi connectivity index (χ0v) is 21.1. The van der Waals surface area contributed by atoms with Crippen LogP contribution in [-0.4, -0.2) is 42.6 Å². The molecule has 3 aromatic carbocycles. The molecule has 1 saturated heterocycles. The number of anilines is 2. The molecule has 1 amide bonds. The molecule has 4 rings (SSSR count). The lowest BCUT2D eigenvalue weighted by atomic mass is 9.94. The summed E-state index contributed by atoms with van der Waals surface area (Å²) >= 11 is 0. The number of rotatable bonds is 6. The van der Waals surface area contributed by atoms with Gasteiger partial charge in [-0.25, -0.2) is 0 Å². The van der Waals surface area contributed by atoms with Gasteiger partial charge in [-0.15, -0.1) is 0 Å². The van der Waals surface area contributed by atoms with E-state index in [9.17, 15) is 19.8 Å². The number of ketones is 1. The van der Waals surface area contributed by atoms with Gasteiger partial charge in [0.15, 0.2) is 11.5 Å². The number of carbonyl (C=O) groups is 2. The quantitative estimate of drug-likeness (QED) is 0.286. The van der Waals surface area contributed by atoms with E-state index in [1.54, 1.807) is 43.3 Å². The first-order valence-electron chi connectivity index (χ1n) is 11.8. The Morgan fingerprint density at radius 3 is 2.28 bits per heavy atom. The SMILES string of the molecule is CCOc1cc(C2/C(=C(/O)c3ccc(C)c(C)c3)C(=O)C(=O)N2c2ccc(N(C)C)cc2)ccc1O. The van der Waals surface area contributed by atoms with Crippen LogP contribution >= 0.6 is 0 Å². The number of nitrogens with zero attached hydrogens (tertiary/aromatic N) is 2. The fourth-order valence-corrected chi connectivity index (χ4v) is 4.34. The molecule has 1 aliphatic rings. The van der Waals surface area contributed by atoms with Crippen LogP contribution in [0.25, 0.3) is 5.76 Å². The predicted octanol–water partition coefficient (Wildman–Crippen LogP) is 5.10. The molecule has 1 unspecified atom stereocenters. The normalized spacial score (nSPS) is 16.9. The van der Waals surface area contributed by atoms with Crippen LogP contribution in [0.4, 0.5) is 11.4 Å². The molecule has 1 aliphatic heterocycles. The highest BCUT2D eigenvalue weighted by Crippen LogP contribution is 2.44. The van der Waals surface area contributed by atoms with Crippen LogP contribution in [0.2, 0.25) is 0 Å². The molecule has 186 valence electrons. The number of aryl methyl sites for hydroxylation is 2. The monoisotopic (exact) mass is 486 g/mol. The number of amides is 1. The Kier molecular flexibility index (Phi) is 6.75. The minimum absolute atomic E-state index is 0.0203. The van der Waals surface area contributed by atoms with Crippen LogP contribution < -0.4 is 14.5 Å². The maximum atomic E-state index is 13.4. The Hall–Kier alpha value is -4.26.